The number of nitro groups is 1. The van der Waals surface area contributed by atoms with Crippen LogP contribution in [0.2, 0.25) is 0 Å². The number of nitro benzene ring substituents is 1. The summed E-state index contributed by atoms with van der Waals surface area (Å²) >= 11 is 0. The summed E-state index contributed by atoms with van der Waals surface area (Å²) < 4.78 is 0. The van der Waals surface area contributed by atoms with Crippen LogP contribution in [0.25, 0.3) is 0 Å². The quantitative estimate of drug-likeness (QED) is 0.642. The number of hydrogen-bond donors (Lipinski definition) is 1. The molecule has 0 aliphatic heterocycles. The van der Waals surface area contributed by atoms with Gasteiger partial charge in [0.15, 0.2) is 0 Å². The van der Waals surface area contributed by atoms with Crippen LogP contribution in [0.3, 0.4) is 0 Å². The maximum absolute atomic E-state index is 10.9. The van der Waals surface area contributed by atoms with Crippen molar-refractivity contribution in [3.05, 3.63) is 33.9 Å². The molecule has 0 heterocycles. The van der Waals surface area contributed by atoms with Crippen LogP contribution < -0.4 is 5.32 Å². The van der Waals surface area contributed by atoms with Crippen LogP contribution >= 0.6 is 0 Å². The lowest BCUT2D eigenvalue weighted by Gasteiger charge is -2.27. The van der Waals surface area contributed by atoms with E-state index in [9.17, 15) is 10.1 Å². The van der Waals surface area contributed by atoms with Crippen molar-refractivity contribution in [2.24, 2.45) is 5.92 Å². The van der Waals surface area contributed by atoms with Crippen molar-refractivity contribution in [2.75, 3.05) is 26.0 Å². The van der Waals surface area contributed by atoms with Crippen molar-refractivity contribution in [1.82, 2.24) is 4.90 Å². The molecule has 0 radical (unpaired) electrons. The Bertz CT molecular complexity index is 484. The molecular weight excluding hydrogens is 266 g/mol. The maximum Gasteiger partial charge on any atom is 0.292 e. The minimum Gasteiger partial charge on any atom is -0.383 e. The normalized spacial score (nSPS) is 16.1. The molecule has 0 spiro atoms. The van der Waals surface area contributed by atoms with E-state index in [1.165, 1.54) is 32.1 Å². The summed E-state index contributed by atoms with van der Waals surface area (Å²) in [5.41, 5.74) is 1.84. The van der Waals surface area contributed by atoms with E-state index in [1.807, 2.05) is 12.1 Å². The first-order valence-corrected chi connectivity index (χ1v) is 7.73. The van der Waals surface area contributed by atoms with Crippen molar-refractivity contribution in [3.8, 4) is 0 Å². The van der Waals surface area contributed by atoms with E-state index >= 15 is 0 Å². The predicted molar refractivity (Wildman–Crippen MR) is 85.6 cm³/mol. The van der Waals surface area contributed by atoms with Crippen LogP contribution in [0.15, 0.2) is 18.2 Å². The first-order valence-electron chi connectivity index (χ1n) is 7.73. The Kier molecular flexibility index (Phi) is 5.56. The number of rotatable bonds is 6. The van der Waals surface area contributed by atoms with Gasteiger partial charge in [0.05, 0.1) is 4.92 Å². The van der Waals surface area contributed by atoms with Crippen LogP contribution in [0.4, 0.5) is 11.4 Å². The van der Waals surface area contributed by atoms with Crippen LogP contribution in [-0.2, 0) is 6.54 Å². The van der Waals surface area contributed by atoms with E-state index < -0.39 is 0 Å². The van der Waals surface area contributed by atoms with Crippen molar-refractivity contribution in [3.63, 3.8) is 0 Å². The molecule has 5 heteroatoms. The van der Waals surface area contributed by atoms with Crippen molar-refractivity contribution in [1.29, 1.82) is 0 Å². The van der Waals surface area contributed by atoms with E-state index in [2.05, 4.69) is 17.3 Å². The molecule has 1 aromatic carbocycles. The zero-order chi connectivity index (χ0) is 15.2. The molecule has 1 aliphatic carbocycles. The Morgan fingerprint density at radius 3 is 2.67 bits per heavy atom. The van der Waals surface area contributed by atoms with E-state index in [0.717, 1.165) is 24.6 Å². The third-order valence-corrected chi connectivity index (χ3v) is 4.27. The summed E-state index contributed by atoms with van der Waals surface area (Å²) in [6.07, 6.45) is 6.78. The number of anilines is 1. The fraction of sp³-hybridized carbons (Fsp3) is 0.625. The van der Waals surface area contributed by atoms with Crippen molar-refractivity contribution >= 4 is 11.4 Å². The predicted octanol–water partition coefficient (Wildman–Crippen LogP) is 3.65. The van der Waals surface area contributed by atoms with Gasteiger partial charge in [0.25, 0.3) is 5.69 Å². The molecule has 1 fully saturated rings. The Morgan fingerprint density at radius 2 is 2.05 bits per heavy atom. The smallest absolute Gasteiger partial charge is 0.292 e. The maximum atomic E-state index is 10.9. The van der Waals surface area contributed by atoms with Gasteiger partial charge >= 0.3 is 0 Å². The second-order valence-corrected chi connectivity index (χ2v) is 6.06. The van der Waals surface area contributed by atoms with Crippen molar-refractivity contribution < 1.29 is 4.92 Å². The monoisotopic (exact) mass is 291 g/mol. The van der Waals surface area contributed by atoms with E-state index in [-0.39, 0.29) is 10.6 Å². The third-order valence-electron chi connectivity index (χ3n) is 4.27. The van der Waals surface area contributed by atoms with Crippen LogP contribution in [-0.4, -0.2) is 30.5 Å². The average molecular weight is 291 g/mol. The van der Waals surface area contributed by atoms with Gasteiger partial charge in [0.2, 0.25) is 0 Å². The molecule has 5 nitrogen and oxygen atoms in total. The summed E-state index contributed by atoms with van der Waals surface area (Å²) in [6.45, 7) is 1.95. The van der Waals surface area contributed by atoms with Gasteiger partial charge in [-0.1, -0.05) is 25.3 Å². The minimum absolute atomic E-state index is 0.135. The molecule has 1 aliphatic rings. The zero-order valence-electron chi connectivity index (χ0n) is 13.0. The molecule has 1 N–H and O–H groups in total. The molecule has 1 aromatic rings. The minimum atomic E-state index is -0.346. The Morgan fingerprint density at radius 1 is 1.33 bits per heavy atom. The Balaban J connectivity index is 1.96. The number of nitrogens with zero attached hydrogens (tertiary/aromatic N) is 2. The second kappa shape index (κ2) is 7.41. The SMILES string of the molecule is CNc1cc(CN(C)CC2CCCCC2)ccc1[N+](=O)[O-]. The summed E-state index contributed by atoms with van der Waals surface area (Å²) in [4.78, 5) is 12.9. The summed E-state index contributed by atoms with van der Waals surface area (Å²) in [5, 5.41) is 13.8. The van der Waals surface area contributed by atoms with E-state index in [4.69, 9.17) is 0 Å². The van der Waals surface area contributed by atoms with Crippen molar-refractivity contribution in [2.45, 2.75) is 38.6 Å². The molecular formula is C16H25N3O2. The van der Waals surface area contributed by atoms with Gasteiger partial charge in [0, 0.05) is 26.2 Å². The van der Waals surface area contributed by atoms with Gasteiger partial charge < -0.3 is 10.2 Å². The molecule has 2 rings (SSSR count). The highest BCUT2D eigenvalue weighted by Crippen LogP contribution is 2.27. The van der Waals surface area contributed by atoms with Gasteiger partial charge in [0.1, 0.15) is 5.69 Å². The topological polar surface area (TPSA) is 58.4 Å². The van der Waals surface area contributed by atoms with E-state index in [1.54, 1.807) is 13.1 Å². The molecule has 0 amide bonds. The van der Waals surface area contributed by atoms with Gasteiger partial charge in [-0.25, -0.2) is 0 Å². The molecule has 0 aromatic heterocycles. The lowest BCUT2D eigenvalue weighted by molar-refractivity contribution is -0.384. The average Bonchev–Trinajstić information content (AvgIpc) is 2.47. The number of benzene rings is 1. The van der Waals surface area contributed by atoms with Crippen LogP contribution in [0.1, 0.15) is 37.7 Å². The lowest BCUT2D eigenvalue weighted by Crippen LogP contribution is -2.26. The number of nitrogens with one attached hydrogen (secondary N) is 1. The molecule has 0 atom stereocenters. The Hall–Kier alpha value is -1.62. The zero-order valence-corrected chi connectivity index (χ0v) is 13.0. The highest BCUT2D eigenvalue weighted by atomic mass is 16.6. The molecule has 1 saturated carbocycles. The standard InChI is InChI=1S/C16H25N3O2/c1-17-15-10-14(8-9-16(15)19(20)21)12-18(2)11-13-6-4-3-5-7-13/h8-10,13,17H,3-7,11-12H2,1-2H3. The summed E-state index contributed by atoms with van der Waals surface area (Å²) in [7, 11) is 3.85. The number of hydrogen-bond acceptors (Lipinski definition) is 4. The van der Waals surface area contributed by atoms with E-state index in [0.29, 0.717) is 5.69 Å². The summed E-state index contributed by atoms with van der Waals surface area (Å²) in [6, 6.07) is 5.33. The third kappa shape index (κ3) is 4.43. The second-order valence-electron chi connectivity index (χ2n) is 6.06. The Labute approximate surface area is 126 Å². The van der Waals surface area contributed by atoms with Crippen LogP contribution in [0, 0.1) is 16.0 Å². The fourth-order valence-corrected chi connectivity index (χ4v) is 3.23. The molecule has 0 saturated heterocycles. The van der Waals surface area contributed by atoms with Gasteiger partial charge in [-0.2, -0.15) is 0 Å². The highest BCUT2D eigenvalue weighted by Gasteiger charge is 2.17. The molecule has 0 bridgehead atoms. The van der Waals surface area contributed by atoms with Gasteiger partial charge in [-0.3, -0.25) is 10.1 Å². The largest absolute Gasteiger partial charge is 0.383 e. The first kappa shape index (κ1) is 15.8. The highest BCUT2D eigenvalue weighted by molar-refractivity contribution is 5.62. The fourth-order valence-electron chi connectivity index (χ4n) is 3.23. The van der Waals surface area contributed by atoms with Gasteiger partial charge in [-0.15, -0.1) is 0 Å². The lowest BCUT2D eigenvalue weighted by atomic mass is 9.89. The molecule has 21 heavy (non-hydrogen) atoms. The first-order chi connectivity index (χ1) is 10.1. The molecule has 116 valence electrons. The summed E-state index contributed by atoms with van der Waals surface area (Å²) in [5.74, 6) is 0.811. The molecule has 0 unspecified atom stereocenters. The van der Waals surface area contributed by atoms with Crippen LogP contribution in [0.5, 0.6) is 0 Å². The van der Waals surface area contributed by atoms with Gasteiger partial charge in [-0.05, 0) is 37.4 Å².